The smallest absolute Gasteiger partial charge is 0.328 e. The average molecular weight is 174 g/mol. The van der Waals surface area contributed by atoms with E-state index >= 15 is 0 Å². The van der Waals surface area contributed by atoms with Crippen molar-refractivity contribution in [2.75, 3.05) is 5.75 Å². The highest BCUT2D eigenvalue weighted by molar-refractivity contribution is 7.80. The van der Waals surface area contributed by atoms with Gasteiger partial charge in [-0.25, -0.2) is 4.79 Å². The van der Waals surface area contributed by atoms with E-state index in [4.69, 9.17) is 5.11 Å². The quantitative estimate of drug-likeness (QED) is 0.567. The highest BCUT2D eigenvalue weighted by Gasteiger charge is 2.06. The first-order chi connectivity index (χ1) is 5.15. The molecule has 0 amide bonds. The van der Waals surface area contributed by atoms with Gasteiger partial charge in [0.05, 0.1) is 6.20 Å². The summed E-state index contributed by atoms with van der Waals surface area (Å²) in [6.07, 6.45) is 1.36. The van der Waals surface area contributed by atoms with Crippen LogP contribution < -0.4 is 5.69 Å². The molecule has 0 spiro atoms. The number of aromatic nitrogens is 2. The fourth-order valence-corrected chi connectivity index (χ4v) is 0.988. The van der Waals surface area contributed by atoms with Crippen LogP contribution in [0.15, 0.2) is 11.0 Å². The van der Waals surface area contributed by atoms with E-state index in [2.05, 4.69) is 17.6 Å². The van der Waals surface area contributed by atoms with Crippen molar-refractivity contribution in [3.63, 3.8) is 0 Å². The third kappa shape index (κ3) is 1.59. The molecule has 0 aliphatic carbocycles. The predicted octanol–water partition coefficient (Wildman–Crippen LogP) is 0.373. The van der Waals surface area contributed by atoms with E-state index in [1.54, 1.807) is 0 Å². The van der Waals surface area contributed by atoms with Gasteiger partial charge in [-0.15, -0.1) is 0 Å². The molecule has 0 aliphatic rings. The lowest BCUT2D eigenvalue weighted by atomic mass is 10.4. The van der Waals surface area contributed by atoms with E-state index in [-0.39, 0.29) is 17.6 Å². The molecule has 0 radical (unpaired) electrons. The minimum absolute atomic E-state index is 0.00276. The highest BCUT2D eigenvalue weighted by Crippen LogP contribution is 2.07. The van der Waals surface area contributed by atoms with Gasteiger partial charge in [0, 0.05) is 11.8 Å². The summed E-state index contributed by atoms with van der Waals surface area (Å²) >= 11 is 4.03. The van der Waals surface area contributed by atoms with Crippen molar-refractivity contribution in [2.45, 2.75) is 13.0 Å². The molecule has 1 atom stereocenters. The summed E-state index contributed by atoms with van der Waals surface area (Å²) in [5.41, 5.74) is -0.302. The second-order valence-corrected chi connectivity index (χ2v) is 2.75. The molecule has 1 rings (SSSR count). The van der Waals surface area contributed by atoms with Crippen LogP contribution in [-0.4, -0.2) is 20.4 Å². The zero-order chi connectivity index (χ0) is 8.43. The Morgan fingerprint density at radius 1 is 1.91 bits per heavy atom. The molecular formula is C6H10N2O2S. The van der Waals surface area contributed by atoms with E-state index in [1.807, 2.05) is 6.92 Å². The monoisotopic (exact) mass is 174 g/mol. The first kappa shape index (κ1) is 8.26. The molecule has 0 aromatic carbocycles. The van der Waals surface area contributed by atoms with Crippen molar-refractivity contribution in [1.29, 1.82) is 0 Å². The Kier molecular flexibility index (Phi) is 2.28. The molecule has 0 aliphatic heterocycles. The summed E-state index contributed by atoms with van der Waals surface area (Å²) in [5, 5.41) is 8.88. The Bertz CT molecular complexity index is 291. The van der Waals surface area contributed by atoms with Crippen molar-refractivity contribution >= 4 is 12.6 Å². The first-order valence-electron chi connectivity index (χ1n) is 3.26. The topological polar surface area (TPSA) is 58.0 Å². The van der Waals surface area contributed by atoms with E-state index < -0.39 is 0 Å². The molecule has 2 N–H and O–H groups in total. The average Bonchev–Trinajstić information content (AvgIpc) is 2.28. The molecule has 4 nitrogen and oxygen atoms in total. The Morgan fingerprint density at radius 2 is 2.55 bits per heavy atom. The first-order valence-corrected chi connectivity index (χ1v) is 3.89. The minimum Gasteiger partial charge on any atom is -0.493 e. The maximum Gasteiger partial charge on any atom is 0.328 e. The van der Waals surface area contributed by atoms with Crippen LogP contribution in [0, 0.1) is 0 Å². The van der Waals surface area contributed by atoms with Gasteiger partial charge in [0.1, 0.15) is 0 Å². The molecule has 0 bridgehead atoms. The number of H-pyrrole nitrogens is 1. The summed E-state index contributed by atoms with van der Waals surface area (Å²) < 4.78 is 1.41. The Labute approximate surface area is 69.3 Å². The van der Waals surface area contributed by atoms with Gasteiger partial charge in [-0.3, -0.25) is 9.55 Å². The van der Waals surface area contributed by atoms with Crippen molar-refractivity contribution in [2.24, 2.45) is 0 Å². The molecule has 0 fully saturated rings. The number of rotatable bonds is 2. The number of aromatic amines is 1. The lowest BCUT2D eigenvalue weighted by molar-refractivity contribution is 0.454. The lowest BCUT2D eigenvalue weighted by Gasteiger charge is -2.06. The van der Waals surface area contributed by atoms with Crippen LogP contribution in [0.1, 0.15) is 13.0 Å². The third-order valence-corrected chi connectivity index (χ3v) is 2.00. The molecular weight excluding hydrogens is 164 g/mol. The fraction of sp³-hybridized carbons (Fsp3) is 0.500. The van der Waals surface area contributed by atoms with Gasteiger partial charge in [-0.2, -0.15) is 12.6 Å². The molecule has 5 heteroatoms. The molecule has 1 aromatic rings. The van der Waals surface area contributed by atoms with Gasteiger partial charge < -0.3 is 5.11 Å². The van der Waals surface area contributed by atoms with E-state index in [0.29, 0.717) is 5.75 Å². The lowest BCUT2D eigenvalue weighted by Crippen LogP contribution is -2.20. The maximum absolute atomic E-state index is 11.0. The number of nitrogens with zero attached hydrogens (tertiary/aromatic N) is 1. The highest BCUT2D eigenvalue weighted by atomic mass is 32.1. The van der Waals surface area contributed by atoms with Crippen LogP contribution in [0.5, 0.6) is 5.88 Å². The third-order valence-electron chi connectivity index (χ3n) is 1.47. The summed E-state index contributed by atoms with van der Waals surface area (Å²) in [6.45, 7) is 1.85. The van der Waals surface area contributed by atoms with Crippen LogP contribution in [0.4, 0.5) is 0 Å². The SMILES string of the molecule is CC(CS)n1cc(O)[nH]c1=O. The standard InChI is InChI=1S/C6H10N2O2S/c1-4(3-11)8-2-5(9)7-6(8)10/h2,4,9,11H,3H2,1H3,(H,7,10). The summed E-state index contributed by atoms with van der Waals surface area (Å²) in [6, 6.07) is 0.00276. The number of hydrogen-bond acceptors (Lipinski definition) is 3. The minimum atomic E-state index is -0.302. The molecule has 0 saturated heterocycles. The second-order valence-electron chi connectivity index (χ2n) is 2.38. The number of nitrogens with one attached hydrogen (secondary N) is 1. The maximum atomic E-state index is 11.0. The van der Waals surface area contributed by atoms with Crippen molar-refractivity contribution in [3.8, 4) is 5.88 Å². The normalized spacial score (nSPS) is 13.3. The van der Waals surface area contributed by atoms with Gasteiger partial charge >= 0.3 is 5.69 Å². The van der Waals surface area contributed by atoms with E-state index in [9.17, 15) is 4.79 Å². The molecule has 1 aromatic heterocycles. The Hall–Kier alpha value is -0.840. The number of imidazole rings is 1. The Balaban J connectivity index is 3.03. The molecule has 62 valence electrons. The number of aromatic hydroxyl groups is 1. The van der Waals surface area contributed by atoms with Crippen LogP contribution >= 0.6 is 12.6 Å². The van der Waals surface area contributed by atoms with Gasteiger partial charge in [0.2, 0.25) is 5.88 Å². The number of hydrogen-bond donors (Lipinski definition) is 3. The number of thiol groups is 1. The van der Waals surface area contributed by atoms with Gasteiger partial charge in [0.25, 0.3) is 0 Å². The molecule has 1 heterocycles. The largest absolute Gasteiger partial charge is 0.493 e. The van der Waals surface area contributed by atoms with Gasteiger partial charge in [-0.1, -0.05) is 0 Å². The molecule has 1 unspecified atom stereocenters. The van der Waals surface area contributed by atoms with Crippen molar-refractivity contribution in [3.05, 3.63) is 16.7 Å². The van der Waals surface area contributed by atoms with Gasteiger partial charge in [-0.05, 0) is 6.92 Å². The zero-order valence-electron chi connectivity index (χ0n) is 6.11. The van der Waals surface area contributed by atoms with Crippen molar-refractivity contribution in [1.82, 2.24) is 9.55 Å². The molecule has 0 saturated carbocycles. The summed E-state index contributed by atoms with van der Waals surface area (Å²) in [4.78, 5) is 13.2. The van der Waals surface area contributed by atoms with Gasteiger partial charge in [0.15, 0.2) is 0 Å². The van der Waals surface area contributed by atoms with E-state index in [1.165, 1.54) is 10.8 Å². The summed E-state index contributed by atoms with van der Waals surface area (Å²) in [5.74, 6) is 0.459. The van der Waals surface area contributed by atoms with Crippen LogP contribution in [0.2, 0.25) is 0 Å². The van der Waals surface area contributed by atoms with Crippen LogP contribution in [0.25, 0.3) is 0 Å². The van der Waals surface area contributed by atoms with Crippen LogP contribution in [-0.2, 0) is 0 Å². The predicted molar refractivity (Wildman–Crippen MR) is 45.3 cm³/mol. The second kappa shape index (κ2) is 3.04. The Morgan fingerprint density at radius 3 is 2.91 bits per heavy atom. The zero-order valence-corrected chi connectivity index (χ0v) is 7.01. The van der Waals surface area contributed by atoms with E-state index in [0.717, 1.165) is 0 Å². The molecule has 11 heavy (non-hydrogen) atoms. The van der Waals surface area contributed by atoms with Crippen LogP contribution in [0.3, 0.4) is 0 Å². The summed E-state index contributed by atoms with van der Waals surface area (Å²) in [7, 11) is 0. The fourth-order valence-electron chi connectivity index (χ4n) is 0.812. The van der Waals surface area contributed by atoms with Crippen molar-refractivity contribution < 1.29 is 5.11 Å².